The maximum Gasteiger partial charge on any atom is 0.227 e. The van der Waals surface area contributed by atoms with Crippen molar-refractivity contribution in [2.24, 2.45) is 0 Å². The molecule has 2 heterocycles. The van der Waals surface area contributed by atoms with E-state index in [1.54, 1.807) is 12.1 Å². The van der Waals surface area contributed by atoms with Gasteiger partial charge in [0.2, 0.25) is 5.89 Å². The molecule has 1 fully saturated rings. The van der Waals surface area contributed by atoms with Crippen molar-refractivity contribution in [2.45, 2.75) is 25.8 Å². The summed E-state index contributed by atoms with van der Waals surface area (Å²) in [6.45, 7) is 3.99. The highest BCUT2D eigenvalue weighted by Gasteiger charge is 2.22. The van der Waals surface area contributed by atoms with E-state index in [-0.39, 0.29) is 0 Å². The Hall–Kier alpha value is -2.86. The molecule has 4 aromatic rings. The molecule has 5 rings (SSSR count). The first-order valence-electron chi connectivity index (χ1n) is 11.4. The summed E-state index contributed by atoms with van der Waals surface area (Å²) >= 11 is 13.3. The highest BCUT2D eigenvalue weighted by Crippen LogP contribution is 2.41. The molecule has 1 aliphatic heterocycles. The first-order chi connectivity index (χ1) is 16.5. The molecule has 1 aliphatic rings. The molecule has 7 heteroatoms. The van der Waals surface area contributed by atoms with Crippen molar-refractivity contribution in [2.75, 3.05) is 25.0 Å². The third kappa shape index (κ3) is 4.09. The Morgan fingerprint density at radius 3 is 2.50 bits per heavy atom. The van der Waals surface area contributed by atoms with Gasteiger partial charge in [0.05, 0.1) is 15.7 Å². The van der Waals surface area contributed by atoms with Crippen molar-refractivity contribution in [1.82, 2.24) is 10.3 Å². The molecule has 0 amide bonds. The summed E-state index contributed by atoms with van der Waals surface area (Å²) in [7, 11) is 2.02. The SMILES string of the molecule is CNC1CCN(c2cccc(-c3cccc(-c4nc5cc(C=O)cc(Cl)c5o4)c3C)c2Cl)CC1. The van der Waals surface area contributed by atoms with Gasteiger partial charge in [-0.1, -0.05) is 47.5 Å². The van der Waals surface area contributed by atoms with E-state index in [0.717, 1.165) is 65.2 Å². The number of anilines is 1. The first kappa shape index (κ1) is 22.9. The maximum absolute atomic E-state index is 11.2. The monoisotopic (exact) mass is 493 g/mol. The number of aromatic nitrogens is 1. The number of halogens is 2. The lowest BCUT2D eigenvalue weighted by atomic mass is 9.95. The lowest BCUT2D eigenvalue weighted by Gasteiger charge is -2.34. The molecule has 174 valence electrons. The van der Waals surface area contributed by atoms with Crippen LogP contribution in [0.25, 0.3) is 33.7 Å². The average molecular weight is 494 g/mol. The topological polar surface area (TPSA) is 58.4 Å². The molecular weight excluding hydrogens is 469 g/mol. The van der Waals surface area contributed by atoms with Crippen molar-refractivity contribution in [1.29, 1.82) is 0 Å². The Labute approximate surface area is 208 Å². The number of fused-ring (bicyclic) bond motifs is 1. The number of hydrogen-bond acceptors (Lipinski definition) is 5. The zero-order valence-electron chi connectivity index (χ0n) is 19.1. The molecule has 0 aliphatic carbocycles. The molecule has 3 aromatic carbocycles. The highest BCUT2D eigenvalue weighted by molar-refractivity contribution is 6.36. The molecule has 0 atom stereocenters. The molecule has 0 bridgehead atoms. The molecule has 0 unspecified atom stereocenters. The quantitative estimate of drug-likeness (QED) is 0.310. The Bertz CT molecular complexity index is 1370. The zero-order chi connectivity index (χ0) is 23.8. The molecule has 34 heavy (non-hydrogen) atoms. The van der Waals surface area contributed by atoms with Crippen LogP contribution in [0.15, 0.2) is 52.9 Å². The summed E-state index contributed by atoms with van der Waals surface area (Å²) in [6.07, 6.45) is 2.94. The Kier molecular flexibility index (Phi) is 6.34. The fourth-order valence-corrected chi connectivity index (χ4v) is 5.34. The fraction of sp³-hybridized carbons (Fsp3) is 0.259. The van der Waals surface area contributed by atoms with E-state index in [9.17, 15) is 4.79 Å². The van der Waals surface area contributed by atoms with Gasteiger partial charge in [0.15, 0.2) is 5.58 Å². The van der Waals surface area contributed by atoms with E-state index in [1.165, 1.54) is 0 Å². The summed E-state index contributed by atoms with van der Waals surface area (Å²) in [5.74, 6) is 0.459. The number of rotatable bonds is 5. The van der Waals surface area contributed by atoms with Gasteiger partial charge in [-0.05, 0) is 62.2 Å². The van der Waals surface area contributed by atoms with Gasteiger partial charge in [0.25, 0.3) is 0 Å². The molecule has 1 N–H and O–H groups in total. The van der Waals surface area contributed by atoms with Crippen molar-refractivity contribution < 1.29 is 9.21 Å². The summed E-state index contributed by atoms with van der Waals surface area (Å²) < 4.78 is 6.02. The van der Waals surface area contributed by atoms with Crippen LogP contribution in [0.3, 0.4) is 0 Å². The molecule has 0 saturated carbocycles. The van der Waals surface area contributed by atoms with Crippen molar-refractivity contribution in [3.8, 4) is 22.6 Å². The Balaban J connectivity index is 1.54. The fourth-order valence-electron chi connectivity index (χ4n) is 4.74. The number of carbonyl (C=O) groups is 1. The molecule has 1 aromatic heterocycles. The minimum Gasteiger partial charge on any atom is -0.434 e. The summed E-state index contributed by atoms with van der Waals surface area (Å²) in [5.41, 5.74) is 6.42. The van der Waals surface area contributed by atoms with Gasteiger partial charge >= 0.3 is 0 Å². The van der Waals surface area contributed by atoms with Gasteiger partial charge in [0, 0.05) is 35.8 Å². The number of hydrogen-bond donors (Lipinski definition) is 1. The highest BCUT2D eigenvalue weighted by atomic mass is 35.5. The van der Waals surface area contributed by atoms with Gasteiger partial charge in [0.1, 0.15) is 11.8 Å². The van der Waals surface area contributed by atoms with Crippen molar-refractivity contribution in [3.63, 3.8) is 0 Å². The molecule has 0 radical (unpaired) electrons. The Morgan fingerprint density at radius 1 is 1.06 bits per heavy atom. The van der Waals surface area contributed by atoms with Gasteiger partial charge < -0.3 is 14.6 Å². The minimum absolute atomic E-state index is 0.366. The normalized spacial score (nSPS) is 14.6. The number of benzene rings is 3. The smallest absolute Gasteiger partial charge is 0.227 e. The van der Waals surface area contributed by atoms with Gasteiger partial charge in [-0.25, -0.2) is 4.98 Å². The average Bonchev–Trinajstić information content (AvgIpc) is 3.29. The van der Waals surface area contributed by atoms with Crippen LogP contribution in [0, 0.1) is 6.92 Å². The predicted octanol–water partition coefficient (Wildman–Crippen LogP) is 6.78. The van der Waals surface area contributed by atoms with E-state index in [1.807, 2.05) is 26.1 Å². The second kappa shape index (κ2) is 9.41. The van der Waals surface area contributed by atoms with Crippen molar-refractivity contribution in [3.05, 3.63) is 69.7 Å². The van der Waals surface area contributed by atoms with E-state index in [0.29, 0.717) is 33.6 Å². The standard InChI is InChI=1S/C27H25Cl2N3O2/c1-16-19(21-7-4-8-24(25(21)29)32-11-9-18(30-2)10-12-32)5-3-6-20(16)27-31-23-14-17(15-33)13-22(28)26(23)34-27/h3-8,13-15,18,30H,9-12H2,1-2H3. The van der Waals surface area contributed by atoms with Crippen LogP contribution >= 0.6 is 23.2 Å². The number of oxazole rings is 1. The summed E-state index contributed by atoms with van der Waals surface area (Å²) in [4.78, 5) is 18.2. The van der Waals surface area contributed by atoms with Crippen LogP contribution in [0.5, 0.6) is 0 Å². The van der Waals surface area contributed by atoms with E-state index < -0.39 is 0 Å². The number of piperidine rings is 1. The van der Waals surface area contributed by atoms with E-state index >= 15 is 0 Å². The number of nitrogens with zero attached hydrogens (tertiary/aromatic N) is 2. The molecule has 1 saturated heterocycles. The van der Waals surface area contributed by atoms with Gasteiger partial charge in [-0.3, -0.25) is 4.79 Å². The van der Waals surface area contributed by atoms with Crippen LogP contribution in [0.1, 0.15) is 28.8 Å². The predicted molar refractivity (Wildman–Crippen MR) is 139 cm³/mol. The molecule has 0 spiro atoms. The van der Waals surface area contributed by atoms with Gasteiger partial charge in [-0.2, -0.15) is 0 Å². The van der Waals surface area contributed by atoms with Gasteiger partial charge in [-0.15, -0.1) is 0 Å². The second-order valence-electron chi connectivity index (χ2n) is 8.65. The van der Waals surface area contributed by atoms with Crippen molar-refractivity contribution >= 4 is 46.3 Å². The summed E-state index contributed by atoms with van der Waals surface area (Å²) in [5, 5.41) is 4.49. The zero-order valence-corrected chi connectivity index (χ0v) is 20.6. The minimum atomic E-state index is 0.366. The van der Waals surface area contributed by atoms with Crippen LogP contribution in [-0.2, 0) is 0 Å². The maximum atomic E-state index is 11.2. The van der Waals surface area contributed by atoms with Crippen LogP contribution in [0.4, 0.5) is 5.69 Å². The Morgan fingerprint density at radius 2 is 1.76 bits per heavy atom. The van der Waals surface area contributed by atoms with E-state index in [4.69, 9.17) is 27.6 Å². The number of aldehydes is 1. The van der Waals surface area contributed by atoms with Crippen LogP contribution in [-0.4, -0.2) is 37.4 Å². The molecule has 5 nitrogen and oxygen atoms in total. The summed E-state index contributed by atoms with van der Waals surface area (Å²) in [6, 6.07) is 16.0. The largest absolute Gasteiger partial charge is 0.434 e. The number of carbonyl (C=O) groups excluding carboxylic acids is 1. The lowest BCUT2D eigenvalue weighted by molar-refractivity contribution is 0.112. The van der Waals surface area contributed by atoms with Crippen LogP contribution in [0.2, 0.25) is 10.0 Å². The molecular formula is C27H25Cl2N3O2. The van der Waals surface area contributed by atoms with E-state index in [2.05, 4.69) is 39.5 Å². The second-order valence-corrected chi connectivity index (χ2v) is 9.44. The third-order valence-corrected chi connectivity index (χ3v) is 7.36. The lowest BCUT2D eigenvalue weighted by Crippen LogP contribution is -2.41. The third-order valence-electron chi connectivity index (χ3n) is 6.68. The van der Waals surface area contributed by atoms with Crippen LogP contribution < -0.4 is 10.2 Å². The number of nitrogens with one attached hydrogen (secondary N) is 1. The first-order valence-corrected chi connectivity index (χ1v) is 12.1.